The molecule has 0 heterocycles. The van der Waals surface area contributed by atoms with Crippen molar-refractivity contribution in [1.29, 1.82) is 0 Å². The van der Waals surface area contributed by atoms with Crippen LogP contribution in [0.4, 0.5) is 11.4 Å². The monoisotopic (exact) mass is 235 g/mol. The SMILES string of the molecule is CC(CN)(Nc1ccc([N+](=O)[O-])cc1)C1CC1. The summed E-state index contributed by atoms with van der Waals surface area (Å²) >= 11 is 0. The summed E-state index contributed by atoms with van der Waals surface area (Å²) in [5, 5.41) is 13.9. The highest BCUT2D eigenvalue weighted by atomic mass is 16.6. The van der Waals surface area contributed by atoms with Crippen molar-refractivity contribution in [2.24, 2.45) is 11.7 Å². The van der Waals surface area contributed by atoms with Crippen molar-refractivity contribution in [3.05, 3.63) is 34.4 Å². The third-order valence-electron chi connectivity index (χ3n) is 3.41. The Kier molecular flexibility index (Phi) is 3.02. The summed E-state index contributed by atoms with van der Waals surface area (Å²) in [5.74, 6) is 0.614. The van der Waals surface area contributed by atoms with Gasteiger partial charge in [0.05, 0.1) is 4.92 Å². The lowest BCUT2D eigenvalue weighted by Crippen LogP contribution is -2.44. The van der Waals surface area contributed by atoms with E-state index in [1.54, 1.807) is 12.1 Å². The van der Waals surface area contributed by atoms with Crippen LogP contribution in [0, 0.1) is 16.0 Å². The summed E-state index contributed by atoms with van der Waals surface area (Å²) in [7, 11) is 0. The van der Waals surface area contributed by atoms with Gasteiger partial charge >= 0.3 is 0 Å². The number of non-ortho nitro benzene ring substituents is 1. The molecule has 3 N–H and O–H groups in total. The molecular formula is C12H17N3O2. The van der Waals surface area contributed by atoms with E-state index < -0.39 is 4.92 Å². The zero-order chi connectivity index (χ0) is 12.5. The van der Waals surface area contributed by atoms with Crippen molar-refractivity contribution in [3.63, 3.8) is 0 Å². The summed E-state index contributed by atoms with van der Waals surface area (Å²) in [5.41, 5.74) is 6.69. The molecular weight excluding hydrogens is 218 g/mol. The van der Waals surface area contributed by atoms with Crippen LogP contribution < -0.4 is 11.1 Å². The quantitative estimate of drug-likeness (QED) is 0.605. The summed E-state index contributed by atoms with van der Waals surface area (Å²) in [6.45, 7) is 2.67. The summed E-state index contributed by atoms with van der Waals surface area (Å²) in [4.78, 5) is 10.1. The van der Waals surface area contributed by atoms with E-state index in [2.05, 4.69) is 12.2 Å². The minimum absolute atomic E-state index is 0.101. The molecule has 0 spiro atoms. The molecule has 5 heteroatoms. The van der Waals surface area contributed by atoms with Gasteiger partial charge in [0.1, 0.15) is 0 Å². The van der Waals surface area contributed by atoms with Crippen LogP contribution in [0.25, 0.3) is 0 Å². The average Bonchev–Trinajstić information content (AvgIpc) is 3.13. The first-order valence-corrected chi connectivity index (χ1v) is 5.78. The number of nitrogens with two attached hydrogens (primary N) is 1. The molecule has 1 aromatic carbocycles. The third kappa shape index (κ3) is 2.55. The fourth-order valence-corrected chi connectivity index (χ4v) is 2.04. The van der Waals surface area contributed by atoms with Gasteiger partial charge in [0.25, 0.3) is 5.69 Å². The first-order valence-electron chi connectivity index (χ1n) is 5.78. The largest absolute Gasteiger partial charge is 0.378 e. The minimum Gasteiger partial charge on any atom is -0.378 e. The molecule has 1 aromatic rings. The van der Waals surface area contributed by atoms with Gasteiger partial charge in [-0.15, -0.1) is 0 Å². The fourth-order valence-electron chi connectivity index (χ4n) is 2.04. The molecule has 5 nitrogen and oxygen atoms in total. The molecule has 1 unspecified atom stereocenters. The molecule has 0 amide bonds. The molecule has 1 saturated carbocycles. The number of benzene rings is 1. The molecule has 0 aliphatic heterocycles. The molecule has 0 aromatic heterocycles. The molecule has 0 saturated heterocycles. The van der Waals surface area contributed by atoms with E-state index in [1.807, 2.05) is 0 Å². The van der Waals surface area contributed by atoms with E-state index >= 15 is 0 Å². The molecule has 1 aliphatic carbocycles. The minimum atomic E-state index is -0.396. The van der Waals surface area contributed by atoms with E-state index in [9.17, 15) is 10.1 Å². The Hall–Kier alpha value is -1.62. The van der Waals surface area contributed by atoms with Gasteiger partial charge in [-0.3, -0.25) is 10.1 Å². The van der Waals surface area contributed by atoms with Gasteiger partial charge in [0.2, 0.25) is 0 Å². The predicted octanol–water partition coefficient (Wildman–Crippen LogP) is 2.13. The fraction of sp³-hybridized carbons (Fsp3) is 0.500. The molecule has 1 fully saturated rings. The summed E-state index contributed by atoms with van der Waals surface area (Å²) in [6, 6.07) is 6.47. The van der Waals surface area contributed by atoms with Crippen LogP contribution in [-0.2, 0) is 0 Å². The number of rotatable bonds is 5. The van der Waals surface area contributed by atoms with Gasteiger partial charge in [0, 0.05) is 29.9 Å². The Morgan fingerprint density at radius 2 is 2.06 bits per heavy atom. The number of hydrogen-bond donors (Lipinski definition) is 2. The number of nitro groups is 1. The third-order valence-corrected chi connectivity index (χ3v) is 3.41. The van der Waals surface area contributed by atoms with Crippen molar-refractivity contribution in [2.45, 2.75) is 25.3 Å². The maximum Gasteiger partial charge on any atom is 0.269 e. The smallest absolute Gasteiger partial charge is 0.269 e. The molecule has 1 atom stereocenters. The first-order chi connectivity index (χ1) is 8.05. The Labute approximate surface area is 100 Å². The van der Waals surface area contributed by atoms with Gasteiger partial charge in [-0.05, 0) is 37.8 Å². The molecule has 2 rings (SSSR count). The van der Waals surface area contributed by atoms with Crippen LogP contribution in [0.2, 0.25) is 0 Å². The maximum absolute atomic E-state index is 10.5. The van der Waals surface area contributed by atoms with Gasteiger partial charge in [-0.2, -0.15) is 0 Å². The van der Waals surface area contributed by atoms with Crippen molar-refractivity contribution < 1.29 is 4.92 Å². The standard InChI is InChI=1S/C12H17N3O2/c1-12(8-13,9-2-3-9)14-10-4-6-11(7-5-10)15(16)17/h4-7,9,14H,2-3,8,13H2,1H3. The van der Waals surface area contributed by atoms with Crippen LogP contribution >= 0.6 is 0 Å². The van der Waals surface area contributed by atoms with Gasteiger partial charge in [0.15, 0.2) is 0 Å². The van der Waals surface area contributed by atoms with E-state index in [0.717, 1.165) is 5.69 Å². The molecule has 0 radical (unpaired) electrons. The Morgan fingerprint density at radius 1 is 1.47 bits per heavy atom. The average molecular weight is 235 g/mol. The second-order valence-electron chi connectivity index (χ2n) is 4.82. The van der Waals surface area contributed by atoms with Gasteiger partial charge in [-0.1, -0.05) is 0 Å². The Morgan fingerprint density at radius 3 is 2.47 bits per heavy atom. The molecule has 17 heavy (non-hydrogen) atoms. The molecule has 0 bridgehead atoms. The number of nitro benzene ring substituents is 1. The van der Waals surface area contributed by atoms with E-state index in [0.29, 0.717) is 12.5 Å². The topological polar surface area (TPSA) is 81.2 Å². The second kappa shape index (κ2) is 4.33. The van der Waals surface area contributed by atoms with E-state index in [4.69, 9.17) is 5.73 Å². The second-order valence-corrected chi connectivity index (χ2v) is 4.82. The maximum atomic E-state index is 10.5. The number of anilines is 1. The van der Waals surface area contributed by atoms with Crippen LogP contribution in [0.5, 0.6) is 0 Å². The highest BCUT2D eigenvalue weighted by Crippen LogP contribution is 2.40. The van der Waals surface area contributed by atoms with Crippen LogP contribution in [0.15, 0.2) is 24.3 Å². The number of nitrogens with one attached hydrogen (secondary N) is 1. The lowest BCUT2D eigenvalue weighted by molar-refractivity contribution is -0.384. The van der Waals surface area contributed by atoms with Crippen molar-refractivity contribution in [1.82, 2.24) is 0 Å². The summed E-state index contributed by atoms with van der Waals surface area (Å²) in [6.07, 6.45) is 2.40. The van der Waals surface area contributed by atoms with E-state index in [1.165, 1.54) is 25.0 Å². The molecule has 92 valence electrons. The predicted molar refractivity (Wildman–Crippen MR) is 66.9 cm³/mol. The number of nitrogens with zero attached hydrogens (tertiary/aromatic N) is 1. The van der Waals surface area contributed by atoms with Crippen LogP contribution in [0.3, 0.4) is 0 Å². The lowest BCUT2D eigenvalue weighted by atomic mass is 9.95. The zero-order valence-electron chi connectivity index (χ0n) is 9.85. The van der Waals surface area contributed by atoms with Gasteiger partial charge in [-0.25, -0.2) is 0 Å². The van der Waals surface area contributed by atoms with E-state index in [-0.39, 0.29) is 11.2 Å². The van der Waals surface area contributed by atoms with Crippen LogP contribution in [-0.4, -0.2) is 17.0 Å². The highest BCUT2D eigenvalue weighted by Gasteiger charge is 2.40. The normalized spacial score (nSPS) is 18.5. The highest BCUT2D eigenvalue weighted by molar-refractivity contribution is 5.50. The van der Waals surface area contributed by atoms with Crippen molar-refractivity contribution >= 4 is 11.4 Å². The molecule has 1 aliphatic rings. The van der Waals surface area contributed by atoms with Gasteiger partial charge < -0.3 is 11.1 Å². The summed E-state index contributed by atoms with van der Waals surface area (Å²) < 4.78 is 0. The zero-order valence-corrected chi connectivity index (χ0v) is 9.85. The number of hydrogen-bond acceptors (Lipinski definition) is 4. The lowest BCUT2D eigenvalue weighted by Gasteiger charge is -2.30. The Balaban J connectivity index is 2.10. The van der Waals surface area contributed by atoms with Crippen molar-refractivity contribution in [2.75, 3.05) is 11.9 Å². The van der Waals surface area contributed by atoms with Crippen molar-refractivity contribution in [3.8, 4) is 0 Å². The first kappa shape index (κ1) is 11.9. The van der Waals surface area contributed by atoms with Crippen LogP contribution in [0.1, 0.15) is 19.8 Å². The Bertz CT molecular complexity index is 414.